The number of rotatable bonds is 17. The molecule has 56 heavy (non-hydrogen) atoms. The Hall–Kier alpha value is -5.63. The molecule has 2 aliphatic heterocycles. The maximum absolute atomic E-state index is 13.0. The second-order valence-corrected chi connectivity index (χ2v) is 13.9. The van der Waals surface area contributed by atoms with Gasteiger partial charge in [-0.3, -0.25) is 19.3 Å². The van der Waals surface area contributed by atoms with Crippen LogP contribution in [0, 0.1) is 11.8 Å². The Kier molecular flexibility index (Phi) is 12.3. The Morgan fingerprint density at radius 1 is 0.571 bits per heavy atom. The molecule has 13 heteroatoms. The molecule has 2 heterocycles. The summed E-state index contributed by atoms with van der Waals surface area (Å²) in [5, 5.41) is 0.501. The van der Waals surface area contributed by atoms with E-state index in [1.165, 1.54) is 0 Å². The van der Waals surface area contributed by atoms with Crippen LogP contribution in [0.15, 0.2) is 114 Å². The monoisotopic (exact) mass is 763 g/mol. The van der Waals surface area contributed by atoms with Crippen LogP contribution >= 0.6 is 0 Å². The molecule has 3 aromatic carbocycles. The van der Waals surface area contributed by atoms with Crippen molar-refractivity contribution in [2.75, 3.05) is 65.8 Å². The molecule has 0 N–H and O–H groups in total. The highest BCUT2D eigenvalue weighted by atomic mass is 16.7. The van der Waals surface area contributed by atoms with Crippen LogP contribution in [0.3, 0.4) is 0 Å². The fourth-order valence-corrected chi connectivity index (χ4v) is 8.02. The zero-order valence-corrected chi connectivity index (χ0v) is 31.1. The lowest BCUT2D eigenvalue weighted by Crippen LogP contribution is -2.57. The van der Waals surface area contributed by atoms with Crippen LogP contribution in [0.4, 0.5) is 4.79 Å². The largest absolute Gasteiger partial charge is 0.463 e. The Labute approximate surface area is 325 Å². The Bertz CT molecular complexity index is 1810. The number of esters is 1. The van der Waals surface area contributed by atoms with Crippen molar-refractivity contribution >= 4 is 29.8 Å². The second-order valence-electron chi connectivity index (χ2n) is 13.9. The normalized spacial score (nSPS) is 19.1. The lowest BCUT2D eigenvalue weighted by molar-refractivity contribution is -0.197. The number of hydrogen-bond acceptors (Lipinski definition) is 11. The predicted molar refractivity (Wildman–Crippen MR) is 201 cm³/mol. The summed E-state index contributed by atoms with van der Waals surface area (Å²) < 4.78 is 21.6. The SMILES string of the molecule is O=C(CCC(=O)ON1C(=O)C2=C(C1=O)C1C=CC2C1)OCCOCCOCCOC(=O)N1CCN(C(c2ccccc2)(c2ccccc2)c2ccccc2)CC1. The molecule has 2 aliphatic carbocycles. The first-order valence-corrected chi connectivity index (χ1v) is 19.0. The molecule has 0 spiro atoms. The fraction of sp³-hybridized carbons (Fsp3) is 0.372. The standard InChI is InChI=1S/C43H45N3O10/c47-36(18-19-37(48)56-46-40(49)38-31-16-17-32(30-31)39(38)41(46)50)54-28-26-52-24-25-53-27-29-55-42(51)44-20-22-45(23-21-44)43(33-10-4-1-5-11-33,34-12-6-2-7-13-34)35-14-8-3-9-15-35/h1-17,31-32H,18-30H2. The van der Waals surface area contributed by atoms with Gasteiger partial charge in [-0.1, -0.05) is 108 Å². The van der Waals surface area contributed by atoms with Gasteiger partial charge in [0.05, 0.1) is 44.8 Å². The zero-order valence-electron chi connectivity index (χ0n) is 31.1. The first-order valence-electron chi connectivity index (χ1n) is 19.0. The average Bonchev–Trinajstić information content (AvgIpc) is 3.93. The first-order chi connectivity index (χ1) is 27.4. The van der Waals surface area contributed by atoms with Crippen molar-refractivity contribution in [3.05, 3.63) is 131 Å². The lowest BCUT2D eigenvalue weighted by Gasteiger charge is -2.48. The van der Waals surface area contributed by atoms with E-state index in [0.717, 1.165) is 16.7 Å². The number of ether oxygens (including phenoxy) is 4. The summed E-state index contributed by atoms with van der Waals surface area (Å²) in [6.45, 7) is 3.17. The minimum Gasteiger partial charge on any atom is -0.463 e. The maximum atomic E-state index is 13.0. The van der Waals surface area contributed by atoms with E-state index in [2.05, 4.69) is 77.7 Å². The fourth-order valence-electron chi connectivity index (χ4n) is 8.02. The molecule has 0 saturated carbocycles. The molecule has 2 unspecified atom stereocenters. The molecule has 13 nitrogen and oxygen atoms in total. The molecule has 1 fully saturated rings. The van der Waals surface area contributed by atoms with Crippen molar-refractivity contribution in [1.82, 2.24) is 14.9 Å². The topological polar surface area (TPSA) is 141 Å². The van der Waals surface area contributed by atoms with E-state index in [4.69, 9.17) is 23.8 Å². The molecule has 7 rings (SSSR count). The van der Waals surface area contributed by atoms with Gasteiger partial charge < -0.3 is 28.7 Å². The summed E-state index contributed by atoms with van der Waals surface area (Å²) >= 11 is 0. The highest BCUT2D eigenvalue weighted by Crippen LogP contribution is 2.48. The van der Waals surface area contributed by atoms with Gasteiger partial charge >= 0.3 is 18.0 Å². The van der Waals surface area contributed by atoms with Crippen LogP contribution in [0.1, 0.15) is 36.0 Å². The second kappa shape index (κ2) is 17.9. The number of imide groups is 1. The van der Waals surface area contributed by atoms with E-state index in [1.807, 2.05) is 30.4 Å². The molecule has 3 amide bonds. The number of amides is 3. The van der Waals surface area contributed by atoms with Crippen molar-refractivity contribution in [1.29, 1.82) is 0 Å². The van der Waals surface area contributed by atoms with E-state index in [9.17, 15) is 24.0 Å². The molecule has 4 aliphatic rings. The van der Waals surface area contributed by atoms with Crippen LogP contribution in [0.5, 0.6) is 0 Å². The Morgan fingerprint density at radius 3 is 1.52 bits per heavy atom. The van der Waals surface area contributed by atoms with E-state index in [-0.39, 0.29) is 70.4 Å². The number of hydrogen-bond donors (Lipinski definition) is 0. The minimum absolute atomic E-state index is 0.0303. The zero-order chi connectivity index (χ0) is 38.9. The molecular formula is C43H45N3O10. The molecular weight excluding hydrogens is 718 g/mol. The molecule has 1 saturated heterocycles. The number of piperazine rings is 1. The van der Waals surface area contributed by atoms with Crippen LogP contribution in [-0.2, 0) is 48.5 Å². The summed E-state index contributed by atoms with van der Waals surface area (Å²) in [7, 11) is 0. The smallest absolute Gasteiger partial charge is 0.409 e. The van der Waals surface area contributed by atoms with Gasteiger partial charge in [0, 0.05) is 49.2 Å². The number of carbonyl (C=O) groups is 5. The van der Waals surface area contributed by atoms with Crippen molar-refractivity contribution in [2.24, 2.45) is 11.8 Å². The van der Waals surface area contributed by atoms with Gasteiger partial charge in [-0.05, 0) is 23.1 Å². The average molecular weight is 764 g/mol. The Balaban J connectivity index is 0.754. The molecule has 3 aromatic rings. The lowest BCUT2D eigenvalue weighted by atomic mass is 9.75. The van der Waals surface area contributed by atoms with Gasteiger partial charge in [0.1, 0.15) is 13.2 Å². The van der Waals surface area contributed by atoms with E-state index >= 15 is 0 Å². The minimum atomic E-state index is -0.876. The molecule has 0 radical (unpaired) electrons. The predicted octanol–water partition coefficient (Wildman–Crippen LogP) is 4.42. The van der Waals surface area contributed by atoms with Gasteiger partial charge in [-0.15, -0.1) is 0 Å². The van der Waals surface area contributed by atoms with Gasteiger partial charge in [0.15, 0.2) is 0 Å². The molecule has 292 valence electrons. The van der Waals surface area contributed by atoms with Crippen molar-refractivity contribution in [2.45, 2.75) is 24.8 Å². The number of hydroxylamine groups is 2. The molecule has 0 aromatic heterocycles. The summed E-state index contributed by atoms with van der Waals surface area (Å²) in [5.74, 6) is -2.97. The van der Waals surface area contributed by atoms with Gasteiger partial charge in [-0.2, -0.15) is 0 Å². The summed E-state index contributed by atoms with van der Waals surface area (Å²) in [6.07, 6.45) is 3.48. The van der Waals surface area contributed by atoms with Crippen molar-refractivity contribution in [3.8, 4) is 0 Å². The van der Waals surface area contributed by atoms with Crippen LogP contribution in [0.2, 0.25) is 0 Å². The number of carbonyl (C=O) groups excluding carboxylic acids is 5. The van der Waals surface area contributed by atoms with E-state index in [1.54, 1.807) is 4.90 Å². The highest BCUT2D eigenvalue weighted by Gasteiger charge is 2.52. The quantitative estimate of drug-likeness (QED) is 0.0635. The third-order valence-corrected chi connectivity index (χ3v) is 10.6. The summed E-state index contributed by atoms with van der Waals surface area (Å²) in [5.41, 5.74) is 3.75. The van der Waals surface area contributed by atoms with Gasteiger partial charge in [-0.25, -0.2) is 9.59 Å². The number of allylic oxidation sites excluding steroid dienone is 2. The van der Waals surface area contributed by atoms with Gasteiger partial charge in [0.25, 0.3) is 11.8 Å². The third-order valence-electron chi connectivity index (χ3n) is 10.6. The highest BCUT2D eigenvalue weighted by molar-refractivity contribution is 6.20. The Morgan fingerprint density at radius 2 is 1.02 bits per heavy atom. The van der Waals surface area contributed by atoms with Crippen molar-refractivity contribution < 1.29 is 47.8 Å². The number of fused-ring (bicyclic) bond motifs is 4. The summed E-state index contributed by atoms with van der Waals surface area (Å²) in [4.78, 5) is 71.6. The van der Waals surface area contributed by atoms with Crippen LogP contribution in [-0.4, -0.2) is 111 Å². The number of nitrogens with zero attached hydrogens (tertiary/aromatic N) is 3. The van der Waals surface area contributed by atoms with E-state index < -0.39 is 29.3 Å². The molecule has 2 atom stereocenters. The van der Waals surface area contributed by atoms with Crippen LogP contribution < -0.4 is 0 Å². The first kappa shape index (κ1) is 38.6. The maximum Gasteiger partial charge on any atom is 0.409 e. The van der Waals surface area contributed by atoms with Gasteiger partial charge in [0.2, 0.25) is 0 Å². The van der Waals surface area contributed by atoms with E-state index in [0.29, 0.717) is 48.8 Å². The summed E-state index contributed by atoms with van der Waals surface area (Å²) in [6, 6.07) is 31.5. The molecule has 2 bridgehead atoms. The third kappa shape index (κ3) is 8.15. The number of benzene rings is 3. The van der Waals surface area contributed by atoms with Crippen molar-refractivity contribution in [3.63, 3.8) is 0 Å². The van der Waals surface area contributed by atoms with Crippen LogP contribution in [0.25, 0.3) is 0 Å².